The molecule has 3 aromatic rings. The van der Waals surface area contributed by atoms with E-state index < -0.39 is 12.2 Å². The van der Waals surface area contributed by atoms with Gasteiger partial charge in [-0.05, 0) is 37.1 Å². The number of thiazole rings is 1. The molecule has 1 aliphatic rings. The second-order valence-electron chi connectivity index (χ2n) is 7.21. The predicted molar refractivity (Wildman–Crippen MR) is 104 cm³/mol. The molecule has 0 spiro atoms. The molecule has 0 bridgehead atoms. The van der Waals surface area contributed by atoms with Crippen LogP contribution in [0, 0.1) is 5.82 Å². The fraction of sp³-hybridized carbons (Fsp3) is 0.368. The Morgan fingerprint density at radius 3 is 2.57 bits per heavy atom. The summed E-state index contributed by atoms with van der Waals surface area (Å²) in [6.45, 7) is 0.455. The third kappa shape index (κ3) is 3.99. The van der Waals surface area contributed by atoms with E-state index in [2.05, 4.69) is 25.5 Å². The minimum absolute atomic E-state index is 0.0918. The third-order valence-electron chi connectivity index (χ3n) is 5.25. The predicted octanol–water partition coefficient (Wildman–Crippen LogP) is 4.23. The van der Waals surface area contributed by atoms with Crippen LogP contribution in [-0.2, 0) is 5.41 Å². The Bertz CT molecular complexity index is 1020. The number of pyridine rings is 1. The van der Waals surface area contributed by atoms with Gasteiger partial charge >= 0.3 is 6.18 Å². The van der Waals surface area contributed by atoms with Crippen LogP contribution in [0.15, 0.2) is 36.7 Å². The van der Waals surface area contributed by atoms with Crippen molar-refractivity contribution in [1.29, 1.82) is 0 Å². The molecular formula is C19H18F4N6S. The highest BCUT2D eigenvalue weighted by Crippen LogP contribution is 2.43. The van der Waals surface area contributed by atoms with Gasteiger partial charge in [0.2, 0.25) is 0 Å². The summed E-state index contributed by atoms with van der Waals surface area (Å²) in [5.74, 6) is 0.155. The molecule has 1 atom stereocenters. The average molecular weight is 438 g/mol. The number of halogens is 4. The van der Waals surface area contributed by atoms with Crippen LogP contribution in [0.3, 0.4) is 0 Å². The summed E-state index contributed by atoms with van der Waals surface area (Å²) in [6, 6.07) is 4.17. The first-order chi connectivity index (χ1) is 14.3. The van der Waals surface area contributed by atoms with Crippen LogP contribution < -0.4 is 11.1 Å². The minimum Gasteiger partial charge on any atom is -0.368 e. The molecule has 3 N–H and O–H groups in total. The van der Waals surface area contributed by atoms with E-state index in [1.165, 1.54) is 6.07 Å². The first-order valence-corrected chi connectivity index (χ1v) is 10.1. The van der Waals surface area contributed by atoms with Crippen molar-refractivity contribution in [1.82, 2.24) is 20.2 Å². The SMILES string of the molecule is NC(c1cnc(-c2ccc(NCC3(c4ncccc4F)CCC3)nn2)s1)C(F)(F)F. The van der Waals surface area contributed by atoms with Gasteiger partial charge in [0.05, 0.1) is 10.6 Å². The van der Waals surface area contributed by atoms with Gasteiger partial charge in [0.15, 0.2) is 0 Å². The van der Waals surface area contributed by atoms with Gasteiger partial charge in [-0.25, -0.2) is 9.37 Å². The summed E-state index contributed by atoms with van der Waals surface area (Å²) in [5, 5.41) is 11.6. The van der Waals surface area contributed by atoms with Crippen molar-refractivity contribution in [3.63, 3.8) is 0 Å². The largest absolute Gasteiger partial charge is 0.408 e. The van der Waals surface area contributed by atoms with Gasteiger partial charge in [-0.15, -0.1) is 21.5 Å². The van der Waals surface area contributed by atoms with E-state index in [9.17, 15) is 17.6 Å². The van der Waals surface area contributed by atoms with Gasteiger partial charge in [0.1, 0.15) is 28.4 Å². The molecule has 1 unspecified atom stereocenters. The number of hydrogen-bond acceptors (Lipinski definition) is 7. The van der Waals surface area contributed by atoms with Crippen molar-refractivity contribution in [2.75, 3.05) is 11.9 Å². The van der Waals surface area contributed by atoms with Crippen LogP contribution in [0.25, 0.3) is 10.7 Å². The molecule has 0 aliphatic heterocycles. The number of rotatable bonds is 6. The second kappa shape index (κ2) is 7.88. The standard InChI is InChI=1S/C19H18F4N6S/c20-11-3-1-8-25-16(11)18(6-2-7-18)10-27-14-5-4-12(28-29-14)17-26-9-13(30-17)15(24)19(21,22)23/h1,3-5,8-9,15H,2,6-7,10,24H2,(H,27,29). The van der Waals surface area contributed by atoms with Crippen LogP contribution in [0.1, 0.15) is 35.9 Å². The van der Waals surface area contributed by atoms with Gasteiger partial charge in [-0.2, -0.15) is 13.2 Å². The Labute approximate surface area is 173 Å². The van der Waals surface area contributed by atoms with Crippen LogP contribution in [-0.4, -0.2) is 32.9 Å². The number of nitrogens with one attached hydrogen (secondary N) is 1. The highest BCUT2D eigenvalue weighted by atomic mass is 32.1. The summed E-state index contributed by atoms with van der Waals surface area (Å²) in [7, 11) is 0. The zero-order valence-electron chi connectivity index (χ0n) is 15.7. The van der Waals surface area contributed by atoms with E-state index in [0.29, 0.717) is 28.8 Å². The zero-order valence-corrected chi connectivity index (χ0v) is 16.5. The lowest BCUT2D eigenvalue weighted by Gasteiger charge is -2.41. The topological polar surface area (TPSA) is 89.6 Å². The molecule has 6 nitrogen and oxygen atoms in total. The van der Waals surface area contributed by atoms with E-state index in [1.54, 1.807) is 24.4 Å². The molecule has 11 heteroatoms. The monoisotopic (exact) mass is 438 g/mol. The fourth-order valence-electron chi connectivity index (χ4n) is 3.39. The van der Waals surface area contributed by atoms with Gasteiger partial charge < -0.3 is 11.1 Å². The third-order valence-corrected chi connectivity index (χ3v) is 6.35. The maximum absolute atomic E-state index is 14.2. The molecule has 1 fully saturated rings. The van der Waals surface area contributed by atoms with Gasteiger partial charge in [0.25, 0.3) is 0 Å². The van der Waals surface area contributed by atoms with Crippen LogP contribution in [0.2, 0.25) is 0 Å². The normalized spacial score (nSPS) is 16.7. The second-order valence-corrected chi connectivity index (χ2v) is 8.27. The minimum atomic E-state index is -4.53. The van der Waals surface area contributed by atoms with E-state index in [1.807, 2.05) is 0 Å². The van der Waals surface area contributed by atoms with E-state index in [4.69, 9.17) is 5.73 Å². The van der Waals surface area contributed by atoms with Gasteiger partial charge in [-0.1, -0.05) is 6.42 Å². The first kappa shape index (κ1) is 20.6. The van der Waals surface area contributed by atoms with E-state index in [0.717, 1.165) is 36.8 Å². The number of hydrogen-bond donors (Lipinski definition) is 2. The molecule has 3 heterocycles. The van der Waals surface area contributed by atoms with Crippen molar-refractivity contribution < 1.29 is 17.6 Å². The smallest absolute Gasteiger partial charge is 0.368 e. The van der Waals surface area contributed by atoms with Crippen LogP contribution in [0.4, 0.5) is 23.4 Å². The highest BCUT2D eigenvalue weighted by Gasteiger charge is 2.42. The summed E-state index contributed by atoms with van der Waals surface area (Å²) in [4.78, 5) is 8.11. The summed E-state index contributed by atoms with van der Waals surface area (Å²) < 4.78 is 52.5. The first-order valence-electron chi connectivity index (χ1n) is 9.25. The van der Waals surface area contributed by atoms with Crippen LogP contribution in [0.5, 0.6) is 0 Å². The maximum atomic E-state index is 14.2. The Hall–Kier alpha value is -2.66. The molecule has 0 saturated heterocycles. The molecule has 1 aliphatic carbocycles. The van der Waals surface area contributed by atoms with Gasteiger partial charge in [-0.3, -0.25) is 4.98 Å². The Kier molecular flexibility index (Phi) is 5.41. The maximum Gasteiger partial charge on any atom is 0.408 e. The number of alkyl halides is 3. The number of aromatic nitrogens is 4. The van der Waals surface area contributed by atoms with E-state index in [-0.39, 0.29) is 16.1 Å². The summed E-state index contributed by atoms with van der Waals surface area (Å²) in [5.41, 5.74) is 5.62. The molecule has 30 heavy (non-hydrogen) atoms. The van der Waals surface area contributed by atoms with Crippen molar-refractivity contribution in [2.45, 2.75) is 36.9 Å². The highest BCUT2D eigenvalue weighted by molar-refractivity contribution is 7.15. The molecule has 0 amide bonds. The zero-order chi connectivity index (χ0) is 21.4. The Morgan fingerprint density at radius 1 is 1.17 bits per heavy atom. The molecule has 0 radical (unpaired) electrons. The number of nitrogens with zero attached hydrogens (tertiary/aromatic N) is 4. The molecule has 4 rings (SSSR count). The lowest BCUT2D eigenvalue weighted by molar-refractivity contribution is -0.148. The fourth-order valence-corrected chi connectivity index (χ4v) is 4.30. The average Bonchev–Trinajstić information content (AvgIpc) is 3.17. The lowest BCUT2D eigenvalue weighted by Crippen LogP contribution is -2.42. The lowest BCUT2D eigenvalue weighted by atomic mass is 9.66. The van der Waals surface area contributed by atoms with E-state index >= 15 is 0 Å². The Balaban J connectivity index is 1.45. The van der Waals surface area contributed by atoms with Crippen molar-refractivity contribution in [3.8, 4) is 10.7 Å². The molecule has 1 saturated carbocycles. The molecule has 0 aromatic carbocycles. The number of anilines is 1. The molecule has 3 aromatic heterocycles. The summed E-state index contributed by atoms with van der Waals surface area (Å²) in [6.07, 6.45) is 0.790. The Morgan fingerprint density at radius 2 is 1.97 bits per heavy atom. The van der Waals surface area contributed by atoms with Crippen molar-refractivity contribution in [3.05, 3.63) is 53.0 Å². The molecule has 158 valence electrons. The quantitative estimate of drug-likeness (QED) is 0.560. The number of nitrogens with two attached hydrogens (primary N) is 1. The van der Waals surface area contributed by atoms with Crippen LogP contribution >= 0.6 is 11.3 Å². The summed E-state index contributed by atoms with van der Waals surface area (Å²) >= 11 is 0.827. The van der Waals surface area contributed by atoms with Crippen molar-refractivity contribution >= 4 is 17.2 Å². The van der Waals surface area contributed by atoms with Crippen molar-refractivity contribution in [2.24, 2.45) is 5.73 Å². The van der Waals surface area contributed by atoms with Gasteiger partial charge in [0, 0.05) is 24.4 Å². The molecular weight excluding hydrogens is 420 g/mol.